The van der Waals surface area contributed by atoms with E-state index in [1.165, 1.54) is 0 Å². The van der Waals surface area contributed by atoms with Gasteiger partial charge in [0, 0.05) is 18.8 Å². The van der Waals surface area contributed by atoms with E-state index in [1.807, 2.05) is 24.4 Å². The molecular weight excluding hydrogens is 294 g/mol. The Morgan fingerprint density at radius 1 is 1.33 bits per heavy atom. The molecule has 2 N–H and O–H groups in total. The van der Waals surface area contributed by atoms with Gasteiger partial charge in [-0.25, -0.2) is 0 Å². The van der Waals surface area contributed by atoms with Crippen LogP contribution >= 0.6 is 15.9 Å². The highest BCUT2D eigenvalue weighted by Crippen LogP contribution is 2.26. The minimum atomic E-state index is 0.801. The molecule has 0 radical (unpaired) electrons. The standard InChI is InChI=1S/C13H16BrN3O/c1-3-6-15-8-11-12(18-2)7-10(16-11)9-4-5-13(14)17-9/h4-5,7-8,16-17H,3,6H2,1-2H3. The summed E-state index contributed by atoms with van der Waals surface area (Å²) in [6, 6.07) is 5.93. The van der Waals surface area contributed by atoms with Crippen molar-refractivity contribution < 1.29 is 4.74 Å². The van der Waals surface area contributed by atoms with Crippen LogP contribution in [-0.2, 0) is 0 Å². The Morgan fingerprint density at radius 3 is 2.78 bits per heavy atom. The highest BCUT2D eigenvalue weighted by molar-refractivity contribution is 9.10. The summed E-state index contributed by atoms with van der Waals surface area (Å²) in [5.74, 6) is 0.801. The van der Waals surface area contributed by atoms with Crippen LogP contribution in [0.25, 0.3) is 11.4 Å². The second-order valence-corrected chi connectivity index (χ2v) is 4.77. The zero-order chi connectivity index (χ0) is 13.0. The Balaban J connectivity index is 2.28. The van der Waals surface area contributed by atoms with Gasteiger partial charge in [0.2, 0.25) is 0 Å². The molecule has 0 saturated heterocycles. The molecule has 2 aromatic rings. The minimum absolute atomic E-state index is 0.801. The number of aliphatic imine (C=N–C) groups is 1. The third-order valence-corrected chi connectivity index (χ3v) is 3.01. The molecule has 0 aliphatic carbocycles. The van der Waals surface area contributed by atoms with Crippen molar-refractivity contribution in [2.45, 2.75) is 13.3 Å². The van der Waals surface area contributed by atoms with E-state index >= 15 is 0 Å². The summed E-state index contributed by atoms with van der Waals surface area (Å²) >= 11 is 3.40. The van der Waals surface area contributed by atoms with E-state index < -0.39 is 0 Å². The maximum Gasteiger partial charge on any atom is 0.146 e. The lowest BCUT2D eigenvalue weighted by atomic mass is 10.3. The van der Waals surface area contributed by atoms with Gasteiger partial charge in [-0.1, -0.05) is 6.92 Å². The molecule has 4 nitrogen and oxygen atoms in total. The summed E-state index contributed by atoms with van der Waals surface area (Å²) in [6.07, 6.45) is 2.86. The normalized spacial score (nSPS) is 11.3. The first-order chi connectivity index (χ1) is 8.74. The van der Waals surface area contributed by atoms with Crippen LogP contribution < -0.4 is 4.74 Å². The molecule has 2 rings (SSSR count). The molecule has 0 spiro atoms. The Kier molecular flexibility index (Phi) is 4.25. The van der Waals surface area contributed by atoms with Crippen molar-refractivity contribution in [3.63, 3.8) is 0 Å². The zero-order valence-corrected chi connectivity index (χ0v) is 12.0. The van der Waals surface area contributed by atoms with Crippen molar-refractivity contribution >= 4 is 22.1 Å². The monoisotopic (exact) mass is 309 g/mol. The van der Waals surface area contributed by atoms with Gasteiger partial charge < -0.3 is 14.7 Å². The van der Waals surface area contributed by atoms with Crippen LogP contribution in [0.1, 0.15) is 19.0 Å². The predicted octanol–water partition coefficient (Wildman–Crippen LogP) is 3.61. The van der Waals surface area contributed by atoms with E-state index in [0.717, 1.165) is 40.4 Å². The number of hydrogen-bond acceptors (Lipinski definition) is 2. The van der Waals surface area contributed by atoms with Crippen molar-refractivity contribution in [3.05, 3.63) is 28.5 Å². The average Bonchev–Trinajstić information content (AvgIpc) is 2.95. The van der Waals surface area contributed by atoms with Gasteiger partial charge in [-0.2, -0.15) is 0 Å². The van der Waals surface area contributed by atoms with E-state index in [4.69, 9.17) is 4.74 Å². The number of nitrogens with zero attached hydrogens (tertiary/aromatic N) is 1. The fraction of sp³-hybridized carbons (Fsp3) is 0.308. The fourth-order valence-corrected chi connectivity index (χ4v) is 2.02. The maximum absolute atomic E-state index is 5.34. The van der Waals surface area contributed by atoms with Crippen molar-refractivity contribution in [3.8, 4) is 17.1 Å². The summed E-state index contributed by atoms with van der Waals surface area (Å²) in [7, 11) is 1.66. The van der Waals surface area contributed by atoms with Crippen LogP contribution in [-0.4, -0.2) is 29.8 Å². The van der Waals surface area contributed by atoms with E-state index in [2.05, 4.69) is 37.8 Å². The van der Waals surface area contributed by atoms with Gasteiger partial charge in [-0.3, -0.25) is 4.99 Å². The second kappa shape index (κ2) is 5.91. The van der Waals surface area contributed by atoms with E-state index in [-0.39, 0.29) is 0 Å². The third-order valence-electron chi connectivity index (χ3n) is 2.54. The van der Waals surface area contributed by atoms with Crippen molar-refractivity contribution in [1.82, 2.24) is 9.97 Å². The van der Waals surface area contributed by atoms with Gasteiger partial charge >= 0.3 is 0 Å². The van der Waals surface area contributed by atoms with Crippen LogP contribution in [0.15, 0.2) is 27.8 Å². The smallest absolute Gasteiger partial charge is 0.146 e. The van der Waals surface area contributed by atoms with Crippen molar-refractivity contribution in [2.75, 3.05) is 13.7 Å². The molecule has 0 atom stereocenters. The van der Waals surface area contributed by atoms with Crippen molar-refractivity contribution in [2.24, 2.45) is 4.99 Å². The van der Waals surface area contributed by atoms with E-state index in [0.29, 0.717) is 0 Å². The summed E-state index contributed by atoms with van der Waals surface area (Å²) in [5, 5.41) is 0. The lowest BCUT2D eigenvalue weighted by Crippen LogP contribution is -1.89. The molecule has 2 aromatic heterocycles. The maximum atomic E-state index is 5.34. The molecule has 96 valence electrons. The molecular formula is C13H16BrN3O. The number of rotatable bonds is 5. The lowest BCUT2D eigenvalue weighted by molar-refractivity contribution is 0.415. The predicted molar refractivity (Wildman–Crippen MR) is 77.6 cm³/mol. The number of H-pyrrole nitrogens is 2. The van der Waals surface area contributed by atoms with E-state index in [9.17, 15) is 0 Å². The number of methoxy groups -OCH3 is 1. The molecule has 2 heterocycles. The summed E-state index contributed by atoms with van der Waals surface area (Å²) in [4.78, 5) is 10.8. The van der Waals surface area contributed by atoms with Crippen LogP contribution in [0.5, 0.6) is 5.75 Å². The Morgan fingerprint density at radius 2 is 2.17 bits per heavy atom. The molecule has 0 unspecified atom stereocenters. The number of nitrogens with one attached hydrogen (secondary N) is 2. The van der Waals surface area contributed by atoms with Crippen LogP contribution in [0.3, 0.4) is 0 Å². The molecule has 0 bridgehead atoms. The second-order valence-electron chi connectivity index (χ2n) is 3.92. The number of halogens is 1. The summed E-state index contributed by atoms with van der Waals surface area (Å²) < 4.78 is 6.29. The molecule has 0 amide bonds. The lowest BCUT2D eigenvalue weighted by Gasteiger charge is -1.95. The summed E-state index contributed by atoms with van der Waals surface area (Å²) in [5.41, 5.74) is 2.89. The van der Waals surface area contributed by atoms with Gasteiger partial charge in [0.1, 0.15) is 5.75 Å². The number of aromatic nitrogens is 2. The number of ether oxygens (including phenoxy) is 1. The van der Waals surface area contributed by atoms with Crippen LogP contribution in [0.2, 0.25) is 0 Å². The summed E-state index contributed by atoms with van der Waals surface area (Å²) in [6.45, 7) is 2.93. The van der Waals surface area contributed by atoms with E-state index in [1.54, 1.807) is 7.11 Å². The highest BCUT2D eigenvalue weighted by atomic mass is 79.9. The SMILES string of the molecule is CCCN=Cc1[nH]c(-c2ccc(Br)[nH]2)cc1OC. The van der Waals surface area contributed by atoms with Gasteiger partial charge in [0.15, 0.2) is 0 Å². The first-order valence-electron chi connectivity index (χ1n) is 5.86. The number of aromatic amines is 2. The fourth-order valence-electron chi connectivity index (χ4n) is 1.67. The Hall–Kier alpha value is -1.49. The molecule has 0 aliphatic rings. The molecule has 0 aliphatic heterocycles. The molecule has 18 heavy (non-hydrogen) atoms. The first kappa shape index (κ1) is 13.0. The van der Waals surface area contributed by atoms with Gasteiger partial charge in [0.05, 0.1) is 28.8 Å². The minimum Gasteiger partial charge on any atom is -0.494 e. The average molecular weight is 310 g/mol. The quantitative estimate of drug-likeness (QED) is 0.814. The third kappa shape index (κ3) is 2.85. The van der Waals surface area contributed by atoms with Crippen LogP contribution in [0, 0.1) is 0 Å². The first-order valence-corrected chi connectivity index (χ1v) is 6.65. The van der Waals surface area contributed by atoms with Crippen molar-refractivity contribution in [1.29, 1.82) is 0 Å². The molecule has 0 fully saturated rings. The molecule has 0 aromatic carbocycles. The molecule has 5 heteroatoms. The Bertz CT molecular complexity index is 542. The largest absolute Gasteiger partial charge is 0.494 e. The van der Waals surface area contributed by atoms with Gasteiger partial charge in [-0.05, 0) is 34.5 Å². The van der Waals surface area contributed by atoms with Crippen LogP contribution in [0.4, 0.5) is 0 Å². The van der Waals surface area contributed by atoms with Gasteiger partial charge in [0.25, 0.3) is 0 Å². The molecule has 0 saturated carbocycles. The number of hydrogen-bond donors (Lipinski definition) is 2. The highest BCUT2D eigenvalue weighted by Gasteiger charge is 2.09. The zero-order valence-electron chi connectivity index (χ0n) is 10.5. The topological polar surface area (TPSA) is 53.2 Å². The Labute approximate surface area is 115 Å². The van der Waals surface area contributed by atoms with Gasteiger partial charge in [-0.15, -0.1) is 0 Å².